The van der Waals surface area contributed by atoms with Crippen molar-refractivity contribution in [3.63, 3.8) is 0 Å². The van der Waals surface area contributed by atoms with Crippen LogP contribution in [0.4, 0.5) is 0 Å². The highest BCUT2D eigenvalue weighted by molar-refractivity contribution is 9.10. The molecule has 134 valence electrons. The monoisotopic (exact) mass is 434 g/mol. The number of esters is 1. The molecule has 2 aromatic carbocycles. The number of carbonyl (C=O) groups excluding carboxylic acids is 2. The van der Waals surface area contributed by atoms with Crippen LogP contribution >= 0.6 is 27.5 Å². The molecule has 0 saturated heterocycles. The van der Waals surface area contributed by atoms with Gasteiger partial charge in [-0.3, -0.25) is 4.79 Å². The van der Waals surface area contributed by atoms with E-state index in [-0.39, 0.29) is 11.6 Å². The van der Waals surface area contributed by atoms with E-state index in [1.807, 2.05) is 36.4 Å². The van der Waals surface area contributed by atoms with E-state index in [2.05, 4.69) is 26.2 Å². The number of benzene rings is 2. The second-order valence-electron chi connectivity index (χ2n) is 5.75. The first-order chi connectivity index (χ1) is 12.5. The van der Waals surface area contributed by atoms with E-state index < -0.39 is 12.1 Å². The van der Waals surface area contributed by atoms with E-state index in [1.54, 1.807) is 12.1 Å². The zero-order chi connectivity index (χ0) is 18.7. The van der Waals surface area contributed by atoms with Gasteiger partial charge >= 0.3 is 5.97 Å². The van der Waals surface area contributed by atoms with Gasteiger partial charge in [0.25, 0.3) is 5.91 Å². The Morgan fingerprint density at radius 3 is 2.58 bits per heavy atom. The second-order valence-corrected chi connectivity index (χ2v) is 6.98. The SMILES string of the molecule is CC(OC(=O)c1[nH]c2ccccc2c1Br)C(=O)NCc1ccc(Cl)cc1. The molecule has 2 N–H and O–H groups in total. The zero-order valence-electron chi connectivity index (χ0n) is 13.9. The van der Waals surface area contributed by atoms with Crippen LogP contribution in [-0.4, -0.2) is 23.0 Å². The number of amides is 1. The molecule has 0 fully saturated rings. The van der Waals surface area contributed by atoms with Gasteiger partial charge in [0.15, 0.2) is 6.10 Å². The Balaban J connectivity index is 1.61. The van der Waals surface area contributed by atoms with Crippen molar-refractivity contribution < 1.29 is 14.3 Å². The van der Waals surface area contributed by atoms with Crippen LogP contribution in [-0.2, 0) is 16.1 Å². The van der Waals surface area contributed by atoms with Gasteiger partial charge in [0.2, 0.25) is 0 Å². The van der Waals surface area contributed by atoms with Gasteiger partial charge in [0.05, 0.1) is 4.47 Å². The first kappa shape index (κ1) is 18.5. The van der Waals surface area contributed by atoms with E-state index in [0.29, 0.717) is 16.0 Å². The summed E-state index contributed by atoms with van der Waals surface area (Å²) < 4.78 is 5.90. The molecule has 0 radical (unpaired) electrons. The van der Waals surface area contributed by atoms with E-state index >= 15 is 0 Å². The molecule has 1 amide bonds. The quantitative estimate of drug-likeness (QED) is 0.582. The molecule has 3 aromatic rings. The van der Waals surface area contributed by atoms with Gasteiger partial charge in [-0.15, -0.1) is 0 Å². The standard InChI is InChI=1S/C19H16BrClN2O3/c1-11(18(24)22-10-12-6-8-13(21)9-7-12)26-19(25)17-16(20)14-4-2-3-5-15(14)23-17/h2-9,11,23H,10H2,1H3,(H,22,24). The second kappa shape index (κ2) is 7.93. The third-order valence-electron chi connectivity index (χ3n) is 3.88. The lowest BCUT2D eigenvalue weighted by molar-refractivity contribution is -0.129. The number of hydrogen-bond acceptors (Lipinski definition) is 3. The lowest BCUT2D eigenvalue weighted by Crippen LogP contribution is -2.35. The minimum absolute atomic E-state index is 0.281. The lowest BCUT2D eigenvalue weighted by Gasteiger charge is -2.13. The molecule has 1 unspecified atom stereocenters. The minimum atomic E-state index is -0.923. The van der Waals surface area contributed by atoms with Crippen molar-refractivity contribution in [1.82, 2.24) is 10.3 Å². The number of rotatable bonds is 5. The Kier molecular flexibility index (Phi) is 5.64. The molecule has 0 spiro atoms. The van der Waals surface area contributed by atoms with Gasteiger partial charge in [0.1, 0.15) is 5.69 Å². The first-order valence-corrected chi connectivity index (χ1v) is 9.12. The molecule has 7 heteroatoms. The number of aromatic nitrogens is 1. The van der Waals surface area contributed by atoms with E-state index in [0.717, 1.165) is 16.5 Å². The Bertz CT molecular complexity index is 953. The van der Waals surface area contributed by atoms with Gasteiger partial charge in [0, 0.05) is 22.5 Å². The maximum Gasteiger partial charge on any atom is 0.356 e. The molecule has 26 heavy (non-hydrogen) atoms. The molecule has 1 heterocycles. The Morgan fingerprint density at radius 2 is 1.88 bits per heavy atom. The van der Waals surface area contributed by atoms with Gasteiger partial charge in [-0.1, -0.05) is 41.9 Å². The van der Waals surface area contributed by atoms with Crippen LogP contribution in [0.15, 0.2) is 53.0 Å². The maximum atomic E-state index is 12.4. The maximum absolute atomic E-state index is 12.4. The third-order valence-corrected chi connectivity index (χ3v) is 4.96. The van der Waals surface area contributed by atoms with Crippen LogP contribution in [0.1, 0.15) is 23.0 Å². The van der Waals surface area contributed by atoms with Crippen molar-refractivity contribution in [2.75, 3.05) is 0 Å². The molecular formula is C19H16BrClN2O3. The highest BCUT2D eigenvalue weighted by atomic mass is 79.9. The van der Waals surface area contributed by atoms with Crippen LogP contribution in [0.5, 0.6) is 0 Å². The van der Waals surface area contributed by atoms with Gasteiger partial charge < -0.3 is 15.0 Å². The van der Waals surface area contributed by atoms with Crippen LogP contribution in [0, 0.1) is 0 Å². The summed E-state index contributed by atoms with van der Waals surface area (Å²) >= 11 is 9.23. The fourth-order valence-corrected chi connectivity index (χ4v) is 3.19. The van der Waals surface area contributed by atoms with E-state index in [1.165, 1.54) is 6.92 Å². The van der Waals surface area contributed by atoms with Gasteiger partial charge in [-0.25, -0.2) is 4.79 Å². The minimum Gasteiger partial charge on any atom is -0.448 e. The summed E-state index contributed by atoms with van der Waals surface area (Å²) in [4.78, 5) is 27.6. The fraction of sp³-hybridized carbons (Fsp3) is 0.158. The van der Waals surface area contributed by atoms with Crippen LogP contribution in [0.2, 0.25) is 5.02 Å². The van der Waals surface area contributed by atoms with Crippen molar-refractivity contribution in [2.24, 2.45) is 0 Å². The highest BCUT2D eigenvalue weighted by Gasteiger charge is 2.22. The van der Waals surface area contributed by atoms with E-state index in [9.17, 15) is 9.59 Å². The highest BCUT2D eigenvalue weighted by Crippen LogP contribution is 2.28. The number of nitrogens with one attached hydrogen (secondary N) is 2. The van der Waals surface area contributed by atoms with Crippen molar-refractivity contribution in [1.29, 1.82) is 0 Å². The van der Waals surface area contributed by atoms with Crippen LogP contribution < -0.4 is 5.32 Å². The van der Waals surface area contributed by atoms with Crippen molar-refractivity contribution in [2.45, 2.75) is 19.6 Å². The third kappa shape index (κ3) is 4.08. The molecular weight excluding hydrogens is 420 g/mol. The van der Waals surface area contributed by atoms with Crippen molar-refractivity contribution in [3.8, 4) is 0 Å². The summed E-state index contributed by atoms with van der Waals surface area (Å²) in [5, 5.41) is 4.24. The number of aromatic amines is 1. The molecule has 1 atom stereocenters. The van der Waals surface area contributed by atoms with Crippen molar-refractivity contribution >= 4 is 50.3 Å². The molecule has 0 aliphatic carbocycles. The van der Waals surface area contributed by atoms with Gasteiger partial charge in [-0.2, -0.15) is 0 Å². The Labute approximate surface area is 163 Å². The number of carbonyl (C=O) groups is 2. The average molecular weight is 436 g/mol. The Morgan fingerprint density at radius 1 is 1.19 bits per heavy atom. The average Bonchev–Trinajstić information content (AvgIpc) is 2.98. The number of H-pyrrole nitrogens is 1. The fourth-order valence-electron chi connectivity index (χ4n) is 2.46. The molecule has 3 rings (SSSR count). The first-order valence-electron chi connectivity index (χ1n) is 7.95. The van der Waals surface area contributed by atoms with Gasteiger partial charge in [-0.05, 0) is 46.6 Å². The smallest absolute Gasteiger partial charge is 0.356 e. The topological polar surface area (TPSA) is 71.2 Å². The van der Waals surface area contributed by atoms with E-state index in [4.69, 9.17) is 16.3 Å². The number of fused-ring (bicyclic) bond motifs is 1. The zero-order valence-corrected chi connectivity index (χ0v) is 16.2. The largest absolute Gasteiger partial charge is 0.448 e. The summed E-state index contributed by atoms with van der Waals surface area (Å²) in [5.41, 5.74) is 1.99. The number of ether oxygens (including phenoxy) is 1. The summed E-state index contributed by atoms with van der Waals surface area (Å²) in [6, 6.07) is 14.6. The normalized spacial score (nSPS) is 12.0. The summed E-state index contributed by atoms with van der Waals surface area (Å²) in [6.45, 7) is 1.86. The number of hydrogen-bond donors (Lipinski definition) is 2. The van der Waals surface area contributed by atoms with Crippen LogP contribution in [0.3, 0.4) is 0 Å². The lowest BCUT2D eigenvalue weighted by atomic mass is 10.2. The number of halogens is 2. The Hall–Kier alpha value is -2.31. The molecule has 0 saturated carbocycles. The predicted molar refractivity (Wildman–Crippen MR) is 104 cm³/mol. The summed E-state index contributed by atoms with van der Waals surface area (Å²) in [7, 11) is 0. The molecule has 0 bridgehead atoms. The van der Waals surface area contributed by atoms with Crippen LogP contribution in [0.25, 0.3) is 10.9 Å². The molecule has 0 aliphatic rings. The molecule has 1 aromatic heterocycles. The molecule has 5 nitrogen and oxygen atoms in total. The predicted octanol–water partition coefficient (Wildman–Crippen LogP) is 4.45. The molecule has 0 aliphatic heterocycles. The summed E-state index contributed by atoms with van der Waals surface area (Å²) in [6.07, 6.45) is -0.923. The van der Waals surface area contributed by atoms with Crippen molar-refractivity contribution in [3.05, 3.63) is 69.3 Å². The summed E-state index contributed by atoms with van der Waals surface area (Å²) in [5.74, 6) is -0.970. The number of para-hydroxylation sites is 1.